The standard InChI is InChI=1S/C20H20F2N4O2S/c1-14-12-24-20(25(14)13-15-4-6-23-7-5-15)19-3-2-8-26(19)29(27,28)18-10-16(21)9-17(22)11-18/h4-7,9-12,19H,2-3,8,13H2,1H3. The lowest BCUT2D eigenvalue weighted by molar-refractivity contribution is 0.373. The quantitative estimate of drug-likeness (QED) is 0.637. The highest BCUT2D eigenvalue weighted by Crippen LogP contribution is 2.36. The number of aromatic nitrogens is 3. The second-order valence-electron chi connectivity index (χ2n) is 7.08. The Labute approximate surface area is 167 Å². The van der Waals surface area contributed by atoms with Gasteiger partial charge in [0.1, 0.15) is 17.5 Å². The molecule has 0 saturated carbocycles. The minimum Gasteiger partial charge on any atom is -0.327 e. The van der Waals surface area contributed by atoms with Crippen molar-refractivity contribution < 1.29 is 17.2 Å². The summed E-state index contributed by atoms with van der Waals surface area (Å²) in [5.41, 5.74) is 1.92. The van der Waals surface area contributed by atoms with Crippen molar-refractivity contribution in [2.45, 2.75) is 37.2 Å². The van der Waals surface area contributed by atoms with Crippen LogP contribution in [-0.2, 0) is 16.6 Å². The Morgan fingerprint density at radius 2 is 1.83 bits per heavy atom. The highest BCUT2D eigenvalue weighted by molar-refractivity contribution is 7.89. The molecular weight excluding hydrogens is 398 g/mol. The van der Waals surface area contributed by atoms with Crippen molar-refractivity contribution in [3.63, 3.8) is 0 Å². The van der Waals surface area contributed by atoms with E-state index < -0.39 is 27.7 Å². The number of rotatable bonds is 5. The van der Waals surface area contributed by atoms with E-state index >= 15 is 0 Å². The first-order chi connectivity index (χ1) is 13.9. The van der Waals surface area contributed by atoms with Crippen molar-refractivity contribution in [3.8, 4) is 0 Å². The van der Waals surface area contributed by atoms with E-state index in [9.17, 15) is 17.2 Å². The van der Waals surface area contributed by atoms with Gasteiger partial charge in [-0.1, -0.05) is 0 Å². The van der Waals surface area contributed by atoms with Gasteiger partial charge in [-0.05, 0) is 49.6 Å². The fourth-order valence-electron chi connectivity index (χ4n) is 3.72. The molecule has 0 bridgehead atoms. The first-order valence-corrected chi connectivity index (χ1v) is 10.7. The second kappa shape index (κ2) is 7.64. The Kier molecular flexibility index (Phi) is 5.18. The third-order valence-electron chi connectivity index (χ3n) is 5.12. The molecule has 29 heavy (non-hydrogen) atoms. The number of sulfonamides is 1. The molecule has 1 unspecified atom stereocenters. The summed E-state index contributed by atoms with van der Waals surface area (Å²) < 4.78 is 56.8. The first kappa shape index (κ1) is 19.7. The number of pyridine rings is 1. The topological polar surface area (TPSA) is 68.1 Å². The van der Waals surface area contributed by atoms with Gasteiger partial charge in [0.15, 0.2) is 0 Å². The van der Waals surface area contributed by atoms with Gasteiger partial charge < -0.3 is 4.57 Å². The molecule has 2 aromatic heterocycles. The van der Waals surface area contributed by atoms with Crippen molar-refractivity contribution in [3.05, 3.63) is 77.6 Å². The van der Waals surface area contributed by atoms with E-state index in [1.807, 2.05) is 23.6 Å². The smallest absolute Gasteiger partial charge is 0.243 e. The zero-order valence-electron chi connectivity index (χ0n) is 15.8. The van der Waals surface area contributed by atoms with E-state index in [-0.39, 0.29) is 11.4 Å². The molecule has 3 aromatic rings. The number of nitrogens with zero attached hydrogens (tertiary/aromatic N) is 4. The Morgan fingerprint density at radius 3 is 2.52 bits per heavy atom. The third-order valence-corrected chi connectivity index (χ3v) is 7.01. The average molecular weight is 418 g/mol. The van der Waals surface area contributed by atoms with Gasteiger partial charge in [-0.3, -0.25) is 4.98 Å². The van der Waals surface area contributed by atoms with Gasteiger partial charge in [0.25, 0.3) is 0 Å². The number of imidazole rings is 1. The monoisotopic (exact) mass is 418 g/mol. The largest absolute Gasteiger partial charge is 0.327 e. The molecule has 1 aliphatic heterocycles. The van der Waals surface area contributed by atoms with Crippen LogP contribution in [0.4, 0.5) is 8.78 Å². The highest BCUT2D eigenvalue weighted by atomic mass is 32.2. The molecule has 0 N–H and O–H groups in total. The van der Waals surface area contributed by atoms with Crippen molar-refractivity contribution in [2.75, 3.05) is 6.54 Å². The number of benzene rings is 1. The van der Waals surface area contributed by atoms with Gasteiger partial charge in [0.2, 0.25) is 10.0 Å². The van der Waals surface area contributed by atoms with Crippen LogP contribution in [0.25, 0.3) is 0 Å². The van der Waals surface area contributed by atoms with Gasteiger partial charge in [0.05, 0.1) is 10.9 Å². The Morgan fingerprint density at radius 1 is 1.14 bits per heavy atom. The molecule has 6 nitrogen and oxygen atoms in total. The Hall–Kier alpha value is -2.65. The summed E-state index contributed by atoms with van der Waals surface area (Å²) in [6.45, 7) is 2.71. The molecule has 0 aliphatic carbocycles. The van der Waals surface area contributed by atoms with Crippen molar-refractivity contribution >= 4 is 10.0 Å². The number of aryl methyl sites for hydroxylation is 1. The summed E-state index contributed by atoms with van der Waals surface area (Å²) in [7, 11) is -4.07. The maximum atomic E-state index is 13.6. The summed E-state index contributed by atoms with van der Waals surface area (Å²) in [4.78, 5) is 8.11. The molecule has 1 fully saturated rings. The molecule has 0 radical (unpaired) electrons. The lowest BCUT2D eigenvalue weighted by Gasteiger charge is -2.25. The molecule has 1 atom stereocenters. The molecule has 1 aromatic carbocycles. The van der Waals surface area contributed by atoms with Gasteiger partial charge in [0, 0.05) is 43.4 Å². The molecule has 9 heteroatoms. The maximum absolute atomic E-state index is 13.6. The second-order valence-corrected chi connectivity index (χ2v) is 8.97. The van der Waals surface area contributed by atoms with Crippen LogP contribution < -0.4 is 0 Å². The SMILES string of the molecule is Cc1cnc(C2CCCN2S(=O)(=O)c2cc(F)cc(F)c2)n1Cc1ccncc1. The van der Waals surface area contributed by atoms with Crippen LogP contribution >= 0.6 is 0 Å². The molecule has 0 amide bonds. The molecule has 3 heterocycles. The van der Waals surface area contributed by atoms with E-state index in [1.54, 1.807) is 18.6 Å². The molecule has 4 rings (SSSR count). The number of halogens is 2. The molecular formula is C20H20F2N4O2S. The van der Waals surface area contributed by atoms with E-state index in [2.05, 4.69) is 9.97 Å². The Bertz CT molecular complexity index is 1110. The first-order valence-electron chi connectivity index (χ1n) is 9.25. The van der Waals surface area contributed by atoms with Crippen LogP contribution in [0.15, 0.2) is 53.8 Å². The number of hydrogen-bond donors (Lipinski definition) is 0. The van der Waals surface area contributed by atoms with Crippen molar-refractivity contribution in [1.82, 2.24) is 18.8 Å². The predicted octanol–water partition coefficient (Wildman–Crippen LogP) is 3.44. The summed E-state index contributed by atoms with van der Waals surface area (Å²) in [5.74, 6) is -1.22. The van der Waals surface area contributed by atoms with Crippen LogP contribution in [0.1, 0.15) is 36.0 Å². The van der Waals surface area contributed by atoms with Gasteiger partial charge in [-0.25, -0.2) is 22.2 Å². The van der Waals surface area contributed by atoms with Crippen LogP contribution in [0.2, 0.25) is 0 Å². The van der Waals surface area contributed by atoms with Crippen LogP contribution in [-0.4, -0.2) is 33.8 Å². The fraction of sp³-hybridized carbons (Fsp3) is 0.300. The lowest BCUT2D eigenvalue weighted by Crippen LogP contribution is -2.32. The van der Waals surface area contributed by atoms with Crippen LogP contribution in [0.3, 0.4) is 0 Å². The molecule has 1 saturated heterocycles. The molecule has 0 spiro atoms. The summed E-state index contributed by atoms with van der Waals surface area (Å²) in [5, 5.41) is 0. The van der Waals surface area contributed by atoms with Gasteiger partial charge >= 0.3 is 0 Å². The van der Waals surface area contributed by atoms with E-state index in [4.69, 9.17) is 0 Å². The Balaban J connectivity index is 1.71. The predicted molar refractivity (Wildman–Crippen MR) is 103 cm³/mol. The molecule has 1 aliphatic rings. The minimum atomic E-state index is -4.07. The average Bonchev–Trinajstić information content (AvgIpc) is 3.30. The van der Waals surface area contributed by atoms with E-state index in [0.29, 0.717) is 31.3 Å². The van der Waals surface area contributed by atoms with Crippen LogP contribution in [0, 0.1) is 18.6 Å². The third kappa shape index (κ3) is 3.79. The van der Waals surface area contributed by atoms with Gasteiger partial charge in [-0.15, -0.1) is 0 Å². The van der Waals surface area contributed by atoms with Crippen molar-refractivity contribution in [2.24, 2.45) is 0 Å². The van der Waals surface area contributed by atoms with Crippen molar-refractivity contribution in [1.29, 1.82) is 0 Å². The zero-order chi connectivity index (χ0) is 20.6. The highest BCUT2D eigenvalue weighted by Gasteiger charge is 2.39. The lowest BCUT2D eigenvalue weighted by atomic mass is 10.2. The number of hydrogen-bond acceptors (Lipinski definition) is 4. The summed E-state index contributed by atoms with van der Waals surface area (Å²) >= 11 is 0. The normalized spacial score (nSPS) is 17.7. The van der Waals surface area contributed by atoms with Gasteiger partial charge in [-0.2, -0.15) is 4.31 Å². The minimum absolute atomic E-state index is 0.270. The van der Waals surface area contributed by atoms with E-state index in [1.165, 1.54) is 4.31 Å². The summed E-state index contributed by atoms with van der Waals surface area (Å²) in [6, 6.07) is 5.64. The van der Waals surface area contributed by atoms with Crippen LogP contribution in [0.5, 0.6) is 0 Å². The summed E-state index contributed by atoms with van der Waals surface area (Å²) in [6.07, 6.45) is 6.34. The van der Waals surface area contributed by atoms with E-state index in [0.717, 1.165) is 23.4 Å². The fourth-order valence-corrected chi connectivity index (χ4v) is 5.42. The molecule has 152 valence electrons. The zero-order valence-corrected chi connectivity index (χ0v) is 16.6. The maximum Gasteiger partial charge on any atom is 0.243 e.